The number of hydrogen-bond donors (Lipinski definition) is 0. The summed E-state index contributed by atoms with van der Waals surface area (Å²) in [6, 6.07) is 61.2. The van der Waals surface area contributed by atoms with Gasteiger partial charge < -0.3 is 4.57 Å². The van der Waals surface area contributed by atoms with E-state index < -0.39 is 0 Å². The minimum atomic E-state index is 1.04. The Hall–Kier alpha value is -6.70. The first-order valence-corrected chi connectivity index (χ1v) is 18.7. The molecule has 1 heteroatoms. The van der Waals surface area contributed by atoms with E-state index in [0.29, 0.717) is 0 Å². The third-order valence-corrected chi connectivity index (χ3v) is 11.9. The summed E-state index contributed by atoms with van der Waals surface area (Å²) in [5.41, 5.74) is 6.29. The number of para-hydroxylation sites is 1. The molecule has 0 saturated carbocycles. The Morgan fingerprint density at radius 3 is 1.68 bits per heavy atom. The Kier molecular flexibility index (Phi) is 5.95. The zero-order valence-corrected chi connectivity index (χ0v) is 29.1. The van der Waals surface area contributed by atoms with Gasteiger partial charge in [0.2, 0.25) is 0 Å². The zero-order chi connectivity index (χ0) is 34.6. The van der Waals surface area contributed by atoms with Crippen LogP contribution >= 0.6 is 0 Å². The van der Waals surface area contributed by atoms with E-state index in [0.717, 1.165) is 12.8 Å². The van der Waals surface area contributed by atoms with Crippen LogP contribution < -0.4 is 10.4 Å². The van der Waals surface area contributed by atoms with Crippen molar-refractivity contribution in [1.82, 2.24) is 4.57 Å². The van der Waals surface area contributed by atoms with E-state index in [1.165, 1.54) is 114 Å². The van der Waals surface area contributed by atoms with Crippen LogP contribution in [0.4, 0.5) is 0 Å². The van der Waals surface area contributed by atoms with E-state index in [-0.39, 0.29) is 0 Å². The third-order valence-electron chi connectivity index (χ3n) is 11.9. The molecule has 0 spiro atoms. The number of nitrogens with zero attached hydrogens (tertiary/aromatic N) is 1. The van der Waals surface area contributed by atoms with Gasteiger partial charge in [-0.15, -0.1) is 0 Å². The first kappa shape index (κ1) is 28.9. The Labute approximate surface area is 305 Å². The van der Waals surface area contributed by atoms with Crippen LogP contribution in [0.3, 0.4) is 0 Å². The van der Waals surface area contributed by atoms with Gasteiger partial charge in [0.25, 0.3) is 0 Å². The van der Waals surface area contributed by atoms with Crippen molar-refractivity contribution in [3.05, 3.63) is 174 Å². The standard InChI is InChI=1S/C52H33N/c1-3-13-38-32(11-1)21-23-34-29-35(25-27-40(34)38)47-31-48-43-16-6-8-18-45(43)52-51(50(48)44-17-7-5-15-42(44)47)46-19-9-10-20-49(46)53(52)37-26-28-41-36(30-37)24-22-33-12-2-4-14-39(33)41/h1-4,6,8-31H,5,7H2. The number of aromatic nitrogens is 1. The third kappa shape index (κ3) is 4.08. The van der Waals surface area contributed by atoms with E-state index in [1.54, 1.807) is 0 Å². The van der Waals surface area contributed by atoms with Crippen LogP contribution in [0.1, 0.15) is 12.8 Å². The van der Waals surface area contributed by atoms with Crippen LogP contribution in [-0.4, -0.2) is 4.57 Å². The first-order chi connectivity index (χ1) is 26.3. The van der Waals surface area contributed by atoms with Crippen LogP contribution in [0.15, 0.2) is 164 Å². The fourth-order valence-corrected chi connectivity index (χ4v) is 9.59. The highest BCUT2D eigenvalue weighted by Gasteiger charge is 2.22. The Morgan fingerprint density at radius 2 is 0.925 bits per heavy atom. The minimum Gasteiger partial charge on any atom is -0.309 e. The predicted molar refractivity (Wildman–Crippen MR) is 229 cm³/mol. The summed E-state index contributed by atoms with van der Waals surface area (Å²) in [5, 5.41) is 20.9. The van der Waals surface area contributed by atoms with Crippen molar-refractivity contribution in [3.8, 4) is 16.8 Å². The Bertz CT molecular complexity index is 3510. The van der Waals surface area contributed by atoms with Crippen LogP contribution in [0.25, 0.3) is 115 Å². The lowest BCUT2D eigenvalue weighted by Gasteiger charge is -2.17. The van der Waals surface area contributed by atoms with Gasteiger partial charge in [0, 0.05) is 21.8 Å². The largest absolute Gasteiger partial charge is 0.309 e. The van der Waals surface area contributed by atoms with E-state index in [1.807, 2.05) is 0 Å². The molecule has 0 atom stereocenters. The van der Waals surface area contributed by atoms with Crippen LogP contribution in [0.5, 0.6) is 0 Å². The Morgan fingerprint density at radius 1 is 0.358 bits per heavy atom. The average Bonchev–Trinajstić information content (AvgIpc) is 3.58. The Balaban J connectivity index is 1.21. The topological polar surface area (TPSA) is 4.93 Å². The summed E-state index contributed by atoms with van der Waals surface area (Å²) in [6.07, 6.45) is 7.09. The van der Waals surface area contributed by atoms with Crippen molar-refractivity contribution in [2.45, 2.75) is 12.8 Å². The second kappa shape index (κ2) is 10.9. The molecule has 53 heavy (non-hydrogen) atoms. The molecule has 1 heterocycles. The molecule has 0 fully saturated rings. The normalized spacial score (nSPS) is 13.1. The monoisotopic (exact) mass is 671 g/mol. The maximum Gasteiger partial charge on any atom is 0.0626 e. The summed E-state index contributed by atoms with van der Waals surface area (Å²) in [5.74, 6) is 0. The van der Waals surface area contributed by atoms with Gasteiger partial charge >= 0.3 is 0 Å². The molecule has 1 nitrogen and oxygen atoms in total. The number of rotatable bonds is 2. The van der Waals surface area contributed by atoms with Crippen molar-refractivity contribution in [1.29, 1.82) is 0 Å². The number of hydrogen-bond acceptors (Lipinski definition) is 0. The molecule has 0 aliphatic heterocycles. The van der Waals surface area contributed by atoms with E-state index in [2.05, 4.69) is 181 Å². The molecule has 0 radical (unpaired) electrons. The highest BCUT2D eigenvalue weighted by molar-refractivity contribution is 6.32. The fourth-order valence-electron chi connectivity index (χ4n) is 9.59. The molecule has 0 saturated heterocycles. The second-order valence-corrected chi connectivity index (χ2v) is 14.7. The molecular formula is C52H33N. The van der Waals surface area contributed by atoms with Crippen LogP contribution in [0.2, 0.25) is 0 Å². The van der Waals surface area contributed by atoms with Gasteiger partial charge in [-0.1, -0.05) is 146 Å². The van der Waals surface area contributed by atoms with Gasteiger partial charge in [0.15, 0.2) is 0 Å². The van der Waals surface area contributed by atoms with Crippen molar-refractivity contribution < 1.29 is 0 Å². The maximum atomic E-state index is 2.53. The number of benzene rings is 10. The summed E-state index contributed by atoms with van der Waals surface area (Å²) >= 11 is 0. The molecular weight excluding hydrogens is 639 g/mol. The van der Waals surface area contributed by atoms with Gasteiger partial charge in [0.05, 0.1) is 11.0 Å². The average molecular weight is 672 g/mol. The maximum absolute atomic E-state index is 2.53. The second-order valence-electron chi connectivity index (χ2n) is 14.7. The lowest BCUT2D eigenvalue weighted by Crippen LogP contribution is -2.30. The lowest BCUT2D eigenvalue weighted by molar-refractivity contribution is 1.12. The smallest absolute Gasteiger partial charge is 0.0626 e. The molecule has 0 unspecified atom stereocenters. The molecule has 1 aliphatic rings. The van der Waals surface area contributed by atoms with Gasteiger partial charge in [-0.05, 0) is 124 Å². The first-order valence-electron chi connectivity index (χ1n) is 18.7. The van der Waals surface area contributed by atoms with E-state index in [4.69, 9.17) is 0 Å². The SMILES string of the molecule is C1=c2c(-c3ccc4c(ccc5ccccc54)c3)cc3c4ccccc4c4c(c5ccccc5n4-c4ccc5c(ccc6ccccc65)c4)c3c2=CCC1. The quantitative estimate of drug-likeness (QED) is 0.161. The molecule has 11 aromatic rings. The van der Waals surface area contributed by atoms with Crippen molar-refractivity contribution >= 4 is 98.6 Å². The van der Waals surface area contributed by atoms with Crippen molar-refractivity contribution in [2.24, 2.45) is 0 Å². The highest BCUT2D eigenvalue weighted by Crippen LogP contribution is 2.43. The van der Waals surface area contributed by atoms with Gasteiger partial charge in [-0.3, -0.25) is 0 Å². The predicted octanol–water partition coefficient (Wildman–Crippen LogP) is 12.7. The molecule has 1 aliphatic carbocycles. The molecule has 0 bridgehead atoms. The summed E-state index contributed by atoms with van der Waals surface area (Å²) in [4.78, 5) is 0. The highest BCUT2D eigenvalue weighted by atomic mass is 15.0. The van der Waals surface area contributed by atoms with Crippen LogP contribution in [-0.2, 0) is 0 Å². The van der Waals surface area contributed by atoms with Gasteiger partial charge in [-0.2, -0.15) is 0 Å². The molecule has 246 valence electrons. The van der Waals surface area contributed by atoms with Gasteiger partial charge in [0.1, 0.15) is 0 Å². The lowest BCUT2D eigenvalue weighted by atomic mass is 9.88. The molecule has 0 amide bonds. The molecule has 10 aromatic carbocycles. The summed E-state index contributed by atoms with van der Waals surface area (Å²) in [7, 11) is 0. The summed E-state index contributed by atoms with van der Waals surface area (Å²) in [6.45, 7) is 0. The van der Waals surface area contributed by atoms with E-state index >= 15 is 0 Å². The number of fused-ring (bicyclic) bond motifs is 16. The van der Waals surface area contributed by atoms with Crippen LogP contribution in [0, 0.1) is 0 Å². The fraction of sp³-hybridized carbons (Fsp3) is 0.0385. The molecule has 0 N–H and O–H groups in total. The summed E-state index contributed by atoms with van der Waals surface area (Å²) < 4.78 is 2.53. The molecule has 1 aromatic heterocycles. The molecule has 12 rings (SSSR count). The minimum absolute atomic E-state index is 1.04. The van der Waals surface area contributed by atoms with E-state index in [9.17, 15) is 0 Å². The van der Waals surface area contributed by atoms with Crippen molar-refractivity contribution in [3.63, 3.8) is 0 Å². The zero-order valence-electron chi connectivity index (χ0n) is 29.1. The van der Waals surface area contributed by atoms with Gasteiger partial charge in [-0.25, -0.2) is 0 Å². The van der Waals surface area contributed by atoms with Crippen molar-refractivity contribution in [2.75, 3.05) is 0 Å².